The maximum absolute atomic E-state index is 2.55. The van der Waals surface area contributed by atoms with Crippen molar-refractivity contribution in [2.75, 3.05) is 4.90 Å². The number of nitrogens with zero attached hydrogens (tertiary/aromatic N) is 1. The number of rotatable bonds is 6. The quantitative estimate of drug-likeness (QED) is 0.162. The Labute approximate surface area is 366 Å². The molecule has 3 aliphatic rings. The van der Waals surface area contributed by atoms with Crippen LogP contribution in [0.1, 0.15) is 68.2 Å². The van der Waals surface area contributed by atoms with Crippen molar-refractivity contribution >= 4 is 27.8 Å². The normalized spacial score (nSPS) is 15.2. The number of hydrogen-bond acceptors (Lipinski definition) is 1. The lowest BCUT2D eigenvalue weighted by Gasteiger charge is -2.36. The first-order valence-corrected chi connectivity index (χ1v) is 22.6. The SMILES string of the molecule is CC1(C)c2ccccc2-c2cccc(-c3ccccc3-c3ccc(N(c4cccc(-c5cccc6ccccc56)c4)c4ccc5c(c4)C4(CCCCC4)c4ccccc4-5)cc3)c21. The van der Waals surface area contributed by atoms with Gasteiger partial charge in [0.2, 0.25) is 0 Å². The monoisotopic (exact) mass is 795 g/mol. The Kier molecular flexibility index (Phi) is 8.51. The van der Waals surface area contributed by atoms with E-state index in [9.17, 15) is 0 Å². The molecule has 0 aliphatic heterocycles. The molecule has 9 aromatic rings. The van der Waals surface area contributed by atoms with Gasteiger partial charge in [0, 0.05) is 27.9 Å². The zero-order valence-electron chi connectivity index (χ0n) is 35.5. The van der Waals surface area contributed by atoms with Gasteiger partial charge in [0.25, 0.3) is 0 Å². The summed E-state index contributed by atoms with van der Waals surface area (Å²) < 4.78 is 0. The van der Waals surface area contributed by atoms with E-state index in [1.165, 1.54) is 126 Å². The van der Waals surface area contributed by atoms with Crippen molar-refractivity contribution < 1.29 is 0 Å². The van der Waals surface area contributed by atoms with E-state index in [0.717, 1.165) is 11.4 Å². The molecule has 62 heavy (non-hydrogen) atoms. The second-order valence-electron chi connectivity index (χ2n) is 18.3. The third-order valence-corrected chi connectivity index (χ3v) is 14.7. The molecule has 0 amide bonds. The number of fused-ring (bicyclic) bond motifs is 9. The van der Waals surface area contributed by atoms with Gasteiger partial charge in [-0.15, -0.1) is 0 Å². The van der Waals surface area contributed by atoms with Crippen LogP contribution in [0.15, 0.2) is 200 Å². The van der Waals surface area contributed by atoms with E-state index in [1.807, 2.05) is 0 Å². The van der Waals surface area contributed by atoms with Crippen molar-refractivity contribution in [1.29, 1.82) is 0 Å². The molecule has 0 aromatic heterocycles. The van der Waals surface area contributed by atoms with E-state index in [0.29, 0.717) is 0 Å². The van der Waals surface area contributed by atoms with E-state index >= 15 is 0 Å². The van der Waals surface area contributed by atoms with Crippen molar-refractivity contribution in [2.45, 2.75) is 56.8 Å². The molecule has 0 bridgehead atoms. The van der Waals surface area contributed by atoms with Gasteiger partial charge in [0.15, 0.2) is 0 Å². The summed E-state index contributed by atoms with van der Waals surface area (Å²) in [6, 6.07) is 75.3. The lowest BCUT2D eigenvalue weighted by atomic mass is 9.68. The van der Waals surface area contributed by atoms with E-state index in [4.69, 9.17) is 0 Å². The minimum atomic E-state index is -0.103. The molecule has 0 saturated heterocycles. The van der Waals surface area contributed by atoms with Gasteiger partial charge >= 0.3 is 0 Å². The van der Waals surface area contributed by atoms with E-state index in [-0.39, 0.29) is 10.8 Å². The summed E-state index contributed by atoms with van der Waals surface area (Å²) in [5.74, 6) is 0. The molecule has 298 valence electrons. The highest BCUT2D eigenvalue weighted by Crippen LogP contribution is 2.57. The third-order valence-electron chi connectivity index (χ3n) is 14.7. The molecule has 0 N–H and O–H groups in total. The lowest BCUT2D eigenvalue weighted by Crippen LogP contribution is -2.28. The summed E-state index contributed by atoms with van der Waals surface area (Å²) in [4.78, 5) is 2.49. The zero-order chi connectivity index (χ0) is 41.4. The number of hydrogen-bond donors (Lipinski definition) is 0. The van der Waals surface area contributed by atoms with Crippen LogP contribution in [0, 0.1) is 0 Å². The van der Waals surface area contributed by atoms with Crippen LogP contribution in [0.4, 0.5) is 17.1 Å². The van der Waals surface area contributed by atoms with Gasteiger partial charge < -0.3 is 4.90 Å². The standard InChI is InChI=1S/C61H49N/c1-60(2)56-29-10-8-25-52(56)55-28-16-27-54(59(55)60)50-23-7-6-22-48(50)42-31-33-44(34-32-42)62(45-20-14-19-43(39-45)49-26-15-18-41-17-4-5-21-47(41)49)46-35-36-53-51-24-9-11-30-57(51)61(58(53)40-46)37-12-3-13-38-61/h4-11,14-36,39-40H,3,12-13,37-38H2,1-2H3. The van der Waals surface area contributed by atoms with Gasteiger partial charge in [-0.2, -0.15) is 0 Å². The summed E-state index contributed by atoms with van der Waals surface area (Å²) in [7, 11) is 0. The van der Waals surface area contributed by atoms with Crippen LogP contribution in [-0.4, -0.2) is 0 Å². The minimum absolute atomic E-state index is 0.0672. The van der Waals surface area contributed by atoms with Gasteiger partial charge in [-0.25, -0.2) is 0 Å². The zero-order valence-corrected chi connectivity index (χ0v) is 35.5. The molecule has 3 aliphatic carbocycles. The fourth-order valence-electron chi connectivity index (χ4n) is 11.8. The van der Waals surface area contributed by atoms with Gasteiger partial charge in [-0.1, -0.05) is 197 Å². The van der Waals surface area contributed by atoms with E-state index < -0.39 is 0 Å². The molecule has 1 fully saturated rings. The average Bonchev–Trinajstić information content (AvgIpc) is 3.73. The Balaban J connectivity index is 1.000. The molecule has 1 nitrogen and oxygen atoms in total. The number of benzene rings is 9. The Morgan fingerprint density at radius 1 is 0.355 bits per heavy atom. The fourth-order valence-corrected chi connectivity index (χ4v) is 11.8. The highest BCUT2D eigenvalue weighted by atomic mass is 15.1. The van der Waals surface area contributed by atoms with Crippen LogP contribution in [0.2, 0.25) is 0 Å². The highest BCUT2D eigenvalue weighted by molar-refractivity contribution is 5.98. The topological polar surface area (TPSA) is 3.24 Å². The summed E-state index contributed by atoms with van der Waals surface area (Å²) in [5, 5.41) is 2.53. The van der Waals surface area contributed by atoms with Crippen molar-refractivity contribution in [3.8, 4) is 55.6 Å². The Morgan fingerprint density at radius 2 is 0.903 bits per heavy atom. The predicted octanol–water partition coefficient (Wildman–Crippen LogP) is 16.8. The van der Waals surface area contributed by atoms with Crippen molar-refractivity contribution in [3.63, 3.8) is 0 Å². The van der Waals surface area contributed by atoms with Gasteiger partial charge in [-0.3, -0.25) is 0 Å². The maximum Gasteiger partial charge on any atom is 0.0467 e. The smallest absolute Gasteiger partial charge is 0.0467 e. The van der Waals surface area contributed by atoms with Crippen LogP contribution < -0.4 is 4.90 Å². The van der Waals surface area contributed by atoms with Crippen molar-refractivity contribution in [1.82, 2.24) is 0 Å². The van der Waals surface area contributed by atoms with Crippen LogP contribution in [0.25, 0.3) is 66.4 Å². The Morgan fingerprint density at radius 3 is 1.71 bits per heavy atom. The average molecular weight is 796 g/mol. The molecule has 12 rings (SSSR count). The summed E-state index contributed by atoms with van der Waals surface area (Å²) >= 11 is 0. The van der Waals surface area contributed by atoms with E-state index in [2.05, 4.69) is 219 Å². The van der Waals surface area contributed by atoms with Crippen LogP contribution in [0.3, 0.4) is 0 Å². The molecular weight excluding hydrogens is 747 g/mol. The summed E-state index contributed by atoms with van der Waals surface area (Å²) in [5.41, 5.74) is 22.3. The van der Waals surface area contributed by atoms with Crippen LogP contribution in [0.5, 0.6) is 0 Å². The largest absolute Gasteiger partial charge is 0.310 e. The van der Waals surface area contributed by atoms with Crippen molar-refractivity contribution in [2.24, 2.45) is 0 Å². The van der Waals surface area contributed by atoms with Gasteiger partial charge in [0.1, 0.15) is 0 Å². The van der Waals surface area contributed by atoms with Gasteiger partial charge in [0.05, 0.1) is 0 Å². The lowest BCUT2D eigenvalue weighted by molar-refractivity contribution is 0.353. The molecular formula is C61H49N. The molecule has 1 heteroatoms. The molecule has 9 aromatic carbocycles. The van der Waals surface area contributed by atoms with Crippen molar-refractivity contribution in [3.05, 3.63) is 222 Å². The second-order valence-corrected chi connectivity index (χ2v) is 18.3. The molecule has 0 atom stereocenters. The molecule has 0 unspecified atom stereocenters. The molecule has 0 heterocycles. The second kappa shape index (κ2) is 14.3. The highest BCUT2D eigenvalue weighted by Gasteiger charge is 2.44. The van der Waals surface area contributed by atoms with Gasteiger partial charge in [-0.05, 0) is 138 Å². The summed E-state index contributed by atoms with van der Waals surface area (Å²) in [6.07, 6.45) is 6.28. The predicted molar refractivity (Wildman–Crippen MR) is 262 cm³/mol. The third kappa shape index (κ3) is 5.61. The fraction of sp³-hybridized carbons (Fsp3) is 0.148. The first-order chi connectivity index (χ1) is 30.5. The minimum Gasteiger partial charge on any atom is -0.310 e. The first-order valence-electron chi connectivity index (χ1n) is 22.6. The molecule has 1 saturated carbocycles. The summed E-state index contributed by atoms with van der Waals surface area (Å²) in [6.45, 7) is 4.77. The Bertz CT molecular complexity index is 3190. The van der Waals surface area contributed by atoms with E-state index in [1.54, 1.807) is 0 Å². The van der Waals surface area contributed by atoms with Crippen LogP contribution >= 0.6 is 0 Å². The Hall–Kier alpha value is -6.96. The molecule has 1 spiro atoms. The first kappa shape index (κ1) is 36.9. The molecule has 0 radical (unpaired) electrons. The number of anilines is 3. The maximum atomic E-state index is 2.55. The van der Waals surface area contributed by atoms with Crippen LogP contribution in [-0.2, 0) is 10.8 Å².